The minimum atomic E-state index is -0.506. The Bertz CT molecular complexity index is 1000. The van der Waals surface area contributed by atoms with Gasteiger partial charge in [0, 0.05) is 34.4 Å². The van der Waals surface area contributed by atoms with Crippen LogP contribution in [-0.2, 0) is 20.7 Å². The number of rotatable bonds is 9. The molecule has 1 atom stereocenters. The van der Waals surface area contributed by atoms with Crippen LogP contribution in [0, 0.1) is 0 Å². The van der Waals surface area contributed by atoms with Crippen molar-refractivity contribution >= 4 is 40.1 Å². The molecule has 3 aromatic rings. The highest BCUT2D eigenvalue weighted by Crippen LogP contribution is 2.22. The number of nitrogens with zero attached hydrogens (tertiary/aromatic N) is 1. The van der Waals surface area contributed by atoms with Crippen molar-refractivity contribution in [3.05, 3.63) is 65.3 Å². The second-order valence-corrected chi connectivity index (χ2v) is 7.44. The summed E-state index contributed by atoms with van der Waals surface area (Å²) in [5.41, 5.74) is 2.98. The number of aromatic amines is 1. The van der Waals surface area contributed by atoms with Crippen LogP contribution in [0.2, 0.25) is 5.02 Å². The van der Waals surface area contributed by atoms with Crippen molar-refractivity contribution in [3.8, 4) is 0 Å². The molecule has 0 saturated heterocycles. The highest BCUT2D eigenvalue weighted by Gasteiger charge is 2.26. The van der Waals surface area contributed by atoms with E-state index in [1.54, 1.807) is 29.2 Å². The van der Waals surface area contributed by atoms with E-state index in [1.165, 1.54) is 7.11 Å². The Morgan fingerprint density at radius 2 is 1.90 bits per heavy atom. The van der Waals surface area contributed by atoms with Crippen molar-refractivity contribution in [1.82, 2.24) is 10.3 Å². The molecule has 0 bridgehead atoms. The Kier molecular flexibility index (Phi) is 7.36. The first-order chi connectivity index (χ1) is 14.5. The molecule has 1 aromatic heterocycles. The SMILES string of the molecule is CC[C@H](C(=O)NCCc1c[nH]c2ccccc12)N(CC(=O)OC)c1ccc(Cl)cc1. The highest BCUT2D eigenvalue weighted by molar-refractivity contribution is 6.30. The first-order valence-corrected chi connectivity index (χ1v) is 10.3. The predicted molar refractivity (Wildman–Crippen MR) is 120 cm³/mol. The van der Waals surface area contributed by atoms with Gasteiger partial charge < -0.3 is 19.9 Å². The number of methoxy groups -OCH3 is 1. The van der Waals surface area contributed by atoms with Crippen LogP contribution in [0.15, 0.2) is 54.7 Å². The normalized spacial score (nSPS) is 11.8. The first kappa shape index (κ1) is 21.7. The number of esters is 1. The summed E-state index contributed by atoms with van der Waals surface area (Å²) in [7, 11) is 1.34. The summed E-state index contributed by atoms with van der Waals surface area (Å²) < 4.78 is 4.83. The fraction of sp³-hybridized carbons (Fsp3) is 0.304. The quantitative estimate of drug-likeness (QED) is 0.507. The number of benzene rings is 2. The Morgan fingerprint density at radius 3 is 2.60 bits per heavy atom. The zero-order chi connectivity index (χ0) is 21.5. The number of hydrogen-bond acceptors (Lipinski definition) is 4. The van der Waals surface area contributed by atoms with E-state index in [4.69, 9.17) is 16.3 Å². The molecular formula is C23H26ClN3O3. The fourth-order valence-electron chi connectivity index (χ4n) is 3.54. The summed E-state index contributed by atoms with van der Waals surface area (Å²) in [4.78, 5) is 30.0. The third kappa shape index (κ3) is 5.13. The number of aromatic nitrogens is 1. The van der Waals surface area contributed by atoms with E-state index in [-0.39, 0.29) is 12.5 Å². The standard InChI is InChI=1S/C23H26ClN3O3/c1-3-21(27(15-22(28)30-2)18-10-8-17(24)9-11-18)23(29)25-13-12-16-14-26-20-7-5-4-6-19(16)20/h4-11,14,21,26H,3,12-13,15H2,1-2H3,(H,25,29)/t21-/m1/s1. The molecule has 1 amide bonds. The largest absolute Gasteiger partial charge is 0.468 e. The molecular weight excluding hydrogens is 402 g/mol. The molecule has 0 aliphatic heterocycles. The van der Waals surface area contributed by atoms with Crippen molar-refractivity contribution < 1.29 is 14.3 Å². The topological polar surface area (TPSA) is 74.4 Å². The fourth-order valence-corrected chi connectivity index (χ4v) is 3.67. The number of fused-ring (bicyclic) bond motifs is 1. The van der Waals surface area contributed by atoms with Gasteiger partial charge in [-0.15, -0.1) is 0 Å². The van der Waals surface area contributed by atoms with Gasteiger partial charge in [-0.25, -0.2) is 0 Å². The number of para-hydroxylation sites is 1. The molecule has 0 fully saturated rings. The molecule has 1 heterocycles. The lowest BCUT2D eigenvalue weighted by molar-refractivity contribution is -0.139. The van der Waals surface area contributed by atoms with E-state index in [9.17, 15) is 9.59 Å². The summed E-state index contributed by atoms with van der Waals surface area (Å²) in [6.45, 7) is 2.40. The van der Waals surface area contributed by atoms with Gasteiger partial charge in [0.15, 0.2) is 0 Å². The molecule has 2 N–H and O–H groups in total. The summed E-state index contributed by atoms with van der Waals surface area (Å²) in [6, 6.07) is 14.7. The molecule has 0 saturated carbocycles. The zero-order valence-electron chi connectivity index (χ0n) is 17.2. The molecule has 0 spiro atoms. The predicted octanol–water partition coefficient (Wildman–Crippen LogP) is 3.94. The highest BCUT2D eigenvalue weighted by atomic mass is 35.5. The average molecular weight is 428 g/mol. The van der Waals surface area contributed by atoms with Gasteiger partial charge in [0.2, 0.25) is 5.91 Å². The number of ether oxygens (including phenoxy) is 1. The van der Waals surface area contributed by atoms with Crippen LogP contribution < -0.4 is 10.2 Å². The number of halogens is 1. The Labute approximate surface area is 181 Å². The van der Waals surface area contributed by atoms with Crippen LogP contribution in [0.5, 0.6) is 0 Å². The number of carbonyl (C=O) groups excluding carboxylic acids is 2. The number of amides is 1. The van der Waals surface area contributed by atoms with Gasteiger partial charge in [-0.1, -0.05) is 36.7 Å². The van der Waals surface area contributed by atoms with Crippen LogP contribution in [0.1, 0.15) is 18.9 Å². The summed E-state index contributed by atoms with van der Waals surface area (Å²) >= 11 is 5.99. The second-order valence-electron chi connectivity index (χ2n) is 7.01. The van der Waals surface area contributed by atoms with Gasteiger partial charge >= 0.3 is 5.97 Å². The molecule has 0 aliphatic carbocycles. The van der Waals surface area contributed by atoms with E-state index in [1.807, 2.05) is 31.3 Å². The maximum atomic E-state index is 13.0. The molecule has 0 radical (unpaired) electrons. The van der Waals surface area contributed by atoms with Gasteiger partial charge in [-0.2, -0.15) is 0 Å². The molecule has 158 valence electrons. The van der Waals surface area contributed by atoms with E-state index < -0.39 is 12.0 Å². The van der Waals surface area contributed by atoms with Crippen molar-refractivity contribution in [2.24, 2.45) is 0 Å². The van der Waals surface area contributed by atoms with Gasteiger partial charge in [-0.3, -0.25) is 9.59 Å². The van der Waals surface area contributed by atoms with E-state index in [0.29, 0.717) is 24.4 Å². The first-order valence-electron chi connectivity index (χ1n) is 9.95. The molecule has 2 aromatic carbocycles. The molecule has 6 nitrogen and oxygen atoms in total. The molecule has 7 heteroatoms. The van der Waals surface area contributed by atoms with Crippen LogP contribution in [0.4, 0.5) is 5.69 Å². The van der Waals surface area contributed by atoms with Crippen LogP contribution in [-0.4, -0.2) is 43.1 Å². The number of H-pyrrole nitrogens is 1. The molecule has 0 aliphatic rings. The van der Waals surface area contributed by atoms with Crippen LogP contribution in [0.25, 0.3) is 10.9 Å². The lowest BCUT2D eigenvalue weighted by Gasteiger charge is -2.31. The Morgan fingerprint density at radius 1 is 1.17 bits per heavy atom. The smallest absolute Gasteiger partial charge is 0.325 e. The Hall–Kier alpha value is -2.99. The van der Waals surface area contributed by atoms with Crippen molar-refractivity contribution in [3.63, 3.8) is 0 Å². The summed E-state index contributed by atoms with van der Waals surface area (Å²) in [6.07, 6.45) is 3.23. The van der Waals surface area contributed by atoms with Crippen molar-refractivity contribution in [1.29, 1.82) is 0 Å². The summed E-state index contributed by atoms with van der Waals surface area (Å²) in [5.74, 6) is -0.536. The number of carbonyl (C=O) groups is 2. The van der Waals surface area contributed by atoms with Crippen LogP contribution in [0.3, 0.4) is 0 Å². The van der Waals surface area contributed by atoms with Gasteiger partial charge in [0.25, 0.3) is 0 Å². The van der Waals surface area contributed by atoms with Crippen molar-refractivity contribution in [2.45, 2.75) is 25.8 Å². The molecule has 30 heavy (non-hydrogen) atoms. The minimum absolute atomic E-state index is 0.0213. The third-order valence-corrected chi connectivity index (χ3v) is 5.37. The maximum absolute atomic E-state index is 13.0. The lowest BCUT2D eigenvalue weighted by Crippen LogP contribution is -2.49. The molecule has 0 unspecified atom stereocenters. The zero-order valence-corrected chi connectivity index (χ0v) is 17.9. The number of nitrogens with one attached hydrogen (secondary N) is 2. The monoisotopic (exact) mass is 427 g/mol. The van der Waals surface area contributed by atoms with E-state index in [2.05, 4.69) is 16.4 Å². The lowest BCUT2D eigenvalue weighted by atomic mass is 10.1. The van der Waals surface area contributed by atoms with E-state index in [0.717, 1.165) is 22.2 Å². The minimum Gasteiger partial charge on any atom is -0.468 e. The second kappa shape index (κ2) is 10.2. The maximum Gasteiger partial charge on any atom is 0.325 e. The Balaban J connectivity index is 1.69. The summed E-state index contributed by atoms with van der Waals surface area (Å²) in [5, 5.41) is 4.77. The van der Waals surface area contributed by atoms with Gasteiger partial charge in [0.05, 0.1) is 7.11 Å². The van der Waals surface area contributed by atoms with Crippen LogP contribution >= 0.6 is 11.6 Å². The van der Waals surface area contributed by atoms with Gasteiger partial charge in [-0.05, 0) is 48.7 Å². The number of hydrogen-bond donors (Lipinski definition) is 2. The number of anilines is 1. The third-order valence-electron chi connectivity index (χ3n) is 5.12. The average Bonchev–Trinajstić information content (AvgIpc) is 3.17. The van der Waals surface area contributed by atoms with Crippen molar-refractivity contribution in [2.75, 3.05) is 25.1 Å². The van der Waals surface area contributed by atoms with E-state index >= 15 is 0 Å². The van der Waals surface area contributed by atoms with Gasteiger partial charge in [0.1, 0.15) is 12.6 Å². The molecule has 3 rings (SSSR count).